The summed E-state index contributed by atoms with van der Waals surface area (Å²) in [6.07, 6.45) is 0. The molecule has 0 saturated carbocycles. The second-order valence-corrected chi connectivity index (χ2v) is 7.38. The zero-order chi connectivity index (χ0) is 20.5. The zero-order valence-corrected chi connectivity index (χ0v) is 16.5. The molecule has 0 aromatic heterocycles. The van der Waals surface area contributed by atoms with Gasteiger partial charge in [0, 0.05) is 25.7 Å². The minimum Gasteiger partial charge on any atom is -0.496 e. The smallest absolute Gasteiger partial charge is 0.261 e. The Balaban J connectivity index is 1.60. The first-order chi connectivity index (χ1) is 14.0. The number of nitrogens with zero attached hydrogens (tertiary/aromatic N) is 2. The van der Waals surface area contributed by atoms with E-state index < -0.39 is 0 Å². The van der Waals surface area contributed by atoms with E-state index in [1.165, 1.54) is 12.0 Å². The summed E-state index contributed by atoms with van der Waals surface area (Å²) >= 11 is 0. The Kier molecular flexibility index (Phi) is 5.07. The van der Waals surface area contributed by atoms with Crippen LogP contribution in [0.15, 0.2) is 42.5 Å². The molecule has 2 aliphatic heterocycles. The first kappa shape index (κ1) is 19.1. The van der Waals surface area contributed by atoms with Crippen LogP contribution in [0.1, 0.15) is 43.6 Å². The Morgan fingerprint density at radius 2 is 1.83 bits per heavy atom. The summed E-state index contributed by atoms with van der Waals surface area (Å²) in [5.41, 5.74) is 1.97. The standard InChI is InChI=1S/C22H23N3O4/c1-14-12-24(10-9-23-14)20(26)18-11-15(7-8-19(18)29-2)13-25-21(27)16-5-3-4-6-17(16)22(25)28/h3-8,11,14,23H,9-10,12-13H2,1-2H3. The van der Waals surface area contributed by atoms with Crippen molar-refractivity contribution in [1.82, 2.24) is 15.1 Å². The van der Waals surface area contributed by atoms with Crippen molar-refractivity contribution in [2.75, 3.05) is 26.7 Å². The van der Waals surface area contributed by atoms with Crippen LogP contribution in [0.4, 0.5) is 0 Å². The summed E-state index contributed by atoms with van der Waals surface area (Å²) < 4.78 is 5.39. The normalized spacial score (nSPS) is 18.8. The number of benzene rings is 2. The van der Waals surface area contributed by atoms with Gasteiger partial charge in [-0.1, -0.05) is 18.2 Å². The third-order valence-electron chi connectivity index (χ3n) is 5.37. The highest BCUT2D eigenvalue weighted by Crippen LogP contribution is 2.27. The summed E-state index contributed by atoms with van der Waals surface area (Å²) in [7, 11) is 1.52. The summed E-state index contributed by atoms with van der Waals surface area (Å²) in [5, 5.41) is 3.32. The van der Waals surface area contributed by atoms with Crippen molar-refractivity contribution >= 4 is 17.7 Å². The maximum absolute atomic E-state index is 13.1. The Labute approximate surface area is 169 Å². The summed E-state index contributed by atoms with van der Waals surface area (Å²) in [6, 6.07) is 12.2. The van der Waals surface area contributed by atoms with Crippen molar-refractivity contribution in [2.24, 2.45) is 0 Å². The molecule has 1 atom stereocenters. The molecule has 7 nitrogen and oxygen atoms in total. The third kappa shape index (κ3) is 3.49. The van der Waals surface area contributed by atoms with Crippen LogP contribution in [0.25, 0.3) is 0 Å². The van der Waals surface area contributed by atoms with Crippen LogP contribution in [0.3, 0.4) is 0 Å². The molecule has 1 N–H and O–H groups in total. The van der Waals surface area contributed by atoms with Gasteiger partial charge >= 0.3 is 0 Å². The molecule has 150 valence electrons. The van der Waals surface area contributed by atoms with E-state index in [1.807, 2.05) is 6.92 Å². The van der Waals surface area contributed by atoms with Gasteiger partial charge in [-0.2, -0.15) is 0 Å². The molecule has 2 aliphatic rings. The van der Waals surface area contributed by atoms with E-state index in [0.717, 1.165) is 6.54 Å². The molecule has 2 heterocycles. The van der Waals surface area contributed by atoms with Crippen molar-refractivity contribution in [2.45, 2.75) is 19.5 Å². The maximum atomic E-state index is 13.1. The monoisotopic (exact) mass is 393 g/mol. The molecular weight excluding hydrogens is 370 g/mol. The number of carbonyl (C=O) groups excluding carboxylic acids is 3. The lowest BCUT2D eigenvalue weighted by Crippen LogP contribution is -2.51. The SMILES string of the molecule is COc1ccc(CN2C(=O)c3ccccc3C2=O)cc1C(=O)N1CCNC(C)C1. The average molecular weight is 393 g/mol. The molecule has 3 amide bonds. The largest absolute Gasteiger partial charge is 0.496 e. The molecule has 0 radical (unpaired) electrons. The van der Waals surface area contributed by atoms with Gasteiger partial charge in [0.2, 0.25) is 0 Å². The number of amides is 3. The highest BCUT2D eigenvalue weighted by atomic mass is 16.5. The van der Waals surface area contributed by atoms with Crippen LogP contribution in [-0.4, -0.2) is 60.3 Å². The third-order valence-corrected chi connectivity index (χ3v) is 5.37. The number of hydrogen-bond donors (Lipinski definition) is 1. The highest BCUT2D eigenvalue weighted by molar-refractivity contribution is 6.21. The number of nitrogens with one attached hydrogen (secondary N) is 1. The minimum atomic E-state index is -0.315. The molecule has 2 aromatic rings. The quantitative estimate of drug-likeness (QED) is 0.803. The van der Waals surface area contributed by atoms with Crippen LogP contribution in [0.2, 0.25) is 0 Å². The van der Waals surface area contributed by atoms with Gasteiger partial charge in [0.1, 0.15) is 5.75 Å². The molecule has 0 aliphatic carbocycles. The van der Waals surface area contributed by atoms with Gasteiger partial charge < -0.3 is 15.0 Å². The van der Waals surface area contributed by atoms with Gasteiger partial charge in [-0.15, -0.1) is 0 Å². The number of piperazine rings is 1. The second-order valence-electron chi connectivity index (χ2n) is 7.38. The molecule has 0 bridgehead atoms. The van der Waals surface area contributed by atoms with Gasteiger partial charge in [0.05, 0.1) is 30.3 Å². The number of hydrogen-bond acceptors (Lipinski definition) is 5. The van der Waals surface area contributed by atoms with Crippen molar-refractivity contribution < 1.29 is 19.1 Å². The molecule has 2 aromatic carbocycles. The molecular formula is C22H23N3O4. The van der Waals surface area contributed by atoms with E-state index in [4.69, 9.17) is 4.74 Å². The fraction of sp³-hybridized carbons (Fsp3) is 0.318. The zero-order valence-electron chi connectivity index (χ0n) is 16.5. The average Bonchev–Trinajstić information content (AvgIpc) is 2.98. The fourth-order valence-electron chi connectivity index (χ4n) is 3.87. The van der Waals surface area contributed by atoms with E-state index in [1.54, 1.807) is 47.4 Å². The Morgan fingerprint density at radius 3 is 2.45 bits per heavy atom. The van der Waals surface area contributed by atoms with Gasteiger partial charge in [-0.25, -0.2) is 0 Å². The molecule has 7 heteroatoms. The Bertz CT molecular complexity index is 953. The predicted molar refractivity (Wildman–Crippen MR) is 107 cm³/mol. The Morgan fingerprint density at radius 1 is 1.14 bits per heavy atom. The molecule has 29 heavy (non-hydrogen) atoms. The lowest BCUT2D eigenvalue weighted by atomic mass is 10.1. The van der Waals surface area contributed by atoms with E-state index in [0.29, 0.717) is 41.1 Å². The number of ether oxygens (including phenoxy) is 1. The van der Waals surface area contributed by atoms with Gasteiger partial charge in [0.25, 0.3) is 17.7 Å². The maximum Gasteiger partial charge on any atom is 0.261 e. The lowest BCUT2D eigenvalue weighted by Gasteiger charge is -2.32. The molecule has 1 fully saturated rings. The second kappa shape index (κ2) is 7.67. The molecule has 1 unspecified atom stereocenters. The van der Waals surface area contributed by atoms with Gasteiger partial charge in [0.15, 0.2) is 0 Å². The fourth-order valence-corrected chi connectivity index (χ4v) is 3.87. The van der Waals surface area contributed by atoms with Crippen LogP contribution in [0, 0.1) is 0 Å². The first-order valence-electron chi connectivity index (χ1n) is 9.64. The van der Waals surface area contributed by atoms with Gasteiger partial charge in [-0.05, 0) is 36.8 Å². The van der Waals surface area contributed by atoms with Crippen molar-refractivity contribution in [1.29, 1.82) is 0 Å². The first-order valence-corrected chi connectivity index (χ1v) is 9.64. The molecule has 0 spiro atoms. The van der Waals surface area contributed by atoms with Crippen molar-refractivity contribution in [3.63, 3.8) is 0 Å². The lowest BCUT2D eigenvalue weighted by molar-refractivity contribution is 0.0642. The highest BCUT2D eigenvalue weighted by Gasteiger charge is 2.35. The van der Waals surface area contributed by atoms with Crippen LogP contribution < -0.4 is 10.1 Å². The van der Waals surface area contributed by atoms with Crippen LogP contribution in [0.5, 0.6) is 5.75 Å². The van der Waals surface area contributed by atoms with E-state index in [-0.39, 0.29) is 30.3 Å². The summed E-state index contributed by atoms with van der Waals surface area (Å²) in [5.74, 6) is -0.262. The topological polar surface area (TPSA) is 79.0 Å². The van der Waals surface area contributed by atoms with Crippen molar-refractivity contribution in [3.05, 3.63) is 64.7 Å². The van der Waals surface area contributed by atoms with Crippen LogP contribution in [-0.2, 0) is 6.54 Å². The van der Waals surface area contributed by atoms with Crippen LogP contribution >= 0.6 is 0 Å². The van der Waals surface area contributed by atoms with Crippen molar-refractivity contribution in [3.8, 4) is 5.75 Å². The number of rotatable bonds is 4. The van der Waals surface area contributed by atoms with E-state index >= 15 is 0 Å². The van der Waals surface area contributed by atoms with Gasteiger partial charge in [-0.3, -0.25) is 19.3 Å². The molecule has 1 saturated heterocycles. The molecule has 4 rings (SSSR count). The number of carbonyl (C=O) groups is 3. The predicted octanol–water partition coefficient (Wildman–Crippen LogP) is 1.93. The number of imide groups is 1. The summed E-state index contributed by atoms with van der Waals surface area (Å²) in [6.45, 7) is 4.12. The van der Waals surface area contributed by atoms with E-state index in [2.05, 4.69) is 5.32 Å². The van der Waals surface area contributed by atoms with E-state index in [9.17, 15) is 14.4 Å². The number of fused-ring (bicyclic) bond motifs is 1. The minimum absolute atomic E-state index is 0.106. The Hall–Kier alpha value is -3.19. The number of methoxy groups -OCH3 is 1. The summed E-state index contributed by atoms with van der Waals surface area (Å²) in [4.78, 5) is 41.4.